The van der Waals surface area contributed by atoms with Crippen LogP contribution in [-0.4, -0.2) is 32.1 Å². The standard InChI is InChI=1S/C20H26O4/c1-3-19-8-9-20(23-10-11-24-20)13-16(19)6-4-14-12-15(18(21)22-2)5-7-17(14)19/h5,7,12,16H,3-4,6,8-11,13H2,1-2H3. The Balaban J connectivity index is 1.69. The maximum Gasteiger partial charge on any atom is 0.337 e. The Morgan fingerprint density at radius 1 is 1.29 bits per heavy atom. The van der Waals surface area contributed by atoms with Crippen LogP contribution in [0, 0.1) is 5.92 Å². The van der Waals surface area contributed by atoms with Crippen LogP contribution < -0.4 is 0 Å². The predicted molar refractivity (Wildman–Crippen MR) is 90.0 cm³/mol. The van der Waals surface area contributed by atoms with E-state index in [1.165, 1.54) is 18.2 Å². The first kappa shape index (κ1) is 16.1. The third-order valence-corrected chi connectivity index (χ3v) is 6.56. The normalized spacial score (nSPS) is 30.7. The SMILES string of the molecule is CCC12CCC3(CC1CCc1cc(C(=O)OC)ccc12)OCCO3. The second-order valence-electron chi connectivity index (χ2n) is 7.42. The molecule has 1 aromatic carbocycles. The molecule has 1 saturated heterocycles. The number of hydrogen-bond acceptors (Lipinski definition) is 4. The maximum absolute atomic E-state index is 11.8. The molecule has 4 rings (SSSR count). The van der Waals surface area contributed by atoms with Gasteiger partial charge in [0.2, 0.25) is 0 Å². The Morgan fingerprint density at radius 3 is 2.79 bits per heavy atom. The summed E-state index contributed by atoms with van der Waals surface area (Å²) < 4.78 is 16.9. The Morgan fingerprint density at radius 2 is 2.08 bits per heavy atom. The molecule has 0 aromatic heterocycles. The highest BCUT2D eigenvalue weighted by molar-refractivity contribution is 5.89. The zero-order valence-corrected chi connectivity index (χ0v) is 14.6. The van der Waals surface area contributed by atoms with Crippen LogP contribution in [0.3, 0.4) is 0 Å². The van der Waals surface area contributed by atoms with Crippen molar-refractivity contribution in [3.63, 3.8) is 0 Å². The van der Waals surface area contributed by atoms with Gasteiger partial charge in [-0.1, -0.05) is 13.0 Å². The second-order valence-corrected chi connectivity index (χ2v) is 7.42. The van der Waals surface area contributed by atoms with E-state index in [-0.39, 0.29) is 17.2 Å². The van der Waals surface area contributed by atoms with Crippen LogP contribution in [0.15, 0.2) is 18.2 Å². The number of esters is 1. The molecule has 2 aliphatic carbocycles. The summed E-state index contributed by atoms with van der Waals surface area (Å²) >= 11 is 0. The molecule has 2 atom stereocenters. The molecule has 1 spiro atoms. The molecule has 2 unspecified atom stereocenters. The molecule has 24 heavy (non-hydrogen) atoms. The lowest BCUT2D eigenvalue weighted by Gasteiger charge is -2.52. The average Bonchev–Trinajstić information content (AvgIpc) is 3.08. The van der Waals surface area contributed by atoms with Crippen molar-refractivity contribution in [1.29, 1.82) is 0 Å². The maximum atomic E-state index is 11.8. The molecule has 2 fully saturated rings. The van der Waals surface area contributed by atoms with Crippen molar-refractivity contribution in [3.05, 3.63) is 34.9 Å². The molecule has 1 heterocycles. The monoisotopic (exact) mass is 330 g/mol. The van der Waals surface area contributed by atoms with Crippen LogP contribution in [0.1, 0.15) is 60.5 Å². The molecule has 3 aliphatic rings. The third-order valence-electron chi connectivity index (χ3n) is 6.56. The minimum atomic E-state index is -0.327. The summed E-state index contributed by atoms with van der Waals surface area (Å²) in [6.07, 6.45) is 6.34. The van der Waals surface area contributed by atoms with E-state index in [0.717, 1.165) is 51.7 Å². The number of rotatable bonds is 2. The van der Waals surface area contributed by atoms with Crippen LogP contribution in [0.4, 0.5) is 0 Å². The van der Waals surface area contributed by atoms with Crippen molar-refractivity contribution in [2.45, 2.75) is 56.7 Å². The number of hydrogen-bond donors (Lipinski definition) is 0. The number of carbonyl (C=O) groups excluding carboxylic acids is 1. The molecule has 1 saturated carbocycles. The van der Waals surface area contributed by atoms with E-state index in [4.69, 9.17) is 14.2 Å². The van der Waals surface area contributed by atoms with E-state index in [2.05, 4.69) is 13.0 Å². The van der Waals surface area contributed by atoms with Gasteiger partial charge in [0.05, 0.1) is 25.9 Å². The number of methoxy groups -OCH3 is 1. The number of benzene rings is 1. The molecule has 1 aliphatic heterocycles. The summed E-state index contributed by atoms with van der Waals surface area (Å²) in [5.74, 6) is 0.0129. The number of ether oxygens (including phenoxy) is 3. The van der Waals surface area contributed by atoms with Gasteiger partial charge in [0.25, 0.3) is 0 Å². The van der Waals surface area contributed by atoms with Crippen LogP contribution in [-0.2, 0) is 26.0 Å². The van der Waals surface area contributed by atoms with Gasteiger partial charge in [-0.2, -0.15) is 0 Å². The highest BCUT2D eigenvalue weighted by atomic mass is 16.7. The van der Waals surface area contributed by atoms with Gasteiger partial charge in [-0.15, -0.1) is 0 Å². The average molecular weight is 330 g/mol. The van der Waals surface area contributed by atoms with Gasteiger partial charge in [0.1, 0.15) is 0 Å². The van der Waals surface area contributed by atoms with Gasteiger partial charge in [-0.25, -0.2) is 4.79 Å². The first-order valence-corrected chi connectivity index (χ1v) is 9.12. The van der Waals surface area contributed by atoms with E-state index < -0.39 is 0 Å². The molecule has 0 N–H and O–H groups in total. The lowest BCUT2D eigenvalue weighted by atomic mass is 9.55. The zero-order valence-electron chi connectivity index (χ0n) is 14.6. The van der Waals surface area contributed by atoms with Crippen LogP contribution >= 0.6 is 0 Å². The van der Waals surface area contributed by atoms with Crippen molar-refractivity contribution in [2.75, 3.05) is 20.3 Å². The number of carbonyl (C=O) groups is 1. The number of aryl methyl sites for hydroxylation is 1. The van der Waals surface area contributed by atoms with Crippen molar-refractivity contribution in [1.82, 2.24) is 0 Å². The second kappa shape index (κ2) is 5.85. The Hall–Kier alpha value is -1.39. The van der Waals surface area contributed by atoms with Gasteiger partial charge in [0, 0.05) is 12.8 Å². The van der Waals surface area contributed by atoms with Gasteiger partial charge >= 0.3 is 5.97 Å². The third kappa shape index (κ3) is 2.31. The topological polar surface area (TPSA) is 44.8 Å². The van der Waals surface area contributed by atoms with E-state index in [0.29, 0.717) is 11.5 Å². The highest BCUT2D eigenvalue weighted by Crippen LogP contribution is 2.56. The molecular weight excluding hydrogens is 304 g/mol. The van der Waals surface area contributed by atoms with Crippen molar-refractivity contribution < 1.29 is 19.0 Å². The largest absolute Gasteiger partial charge is 0.465 e. The van der Waals surface area contributed by atoms with Crippen LogP contribution in [0.5, 0.6) is 0 Å². The van der Waals surface area contributed by atoms with Gasteiger partial charge < -0.3 is 14.2 Å². The Kier molecular flexibility index (Phi) is 3.92. The first-order chi connectivity index (χ1) is 11.6. The van der Waals surface area contributed by atoms with E-state index in [1.807, 2.05) is 12.1 Å². The lowest BCUT2D eigenvalue weighted by molar-refractivity contribution is -0.200. The Labute approximate surface area is 143 Å². The molecular formula is C20H26O4. The molecule has 0 bridgehead atoms. The highest BCUT2D eigenvalue weighted by Gasteiger charge is 2.53. The van der Waals surface area contributed by atoms with Crippen molar-refractivity contribution in [3.8, 4) is 0 Å². The first-order valence-electron chi connectivity index (χ1n) is 9.12. The fraction of sp³-hybridized carbons (Fsp3) is 0.650. The summed E-state index contributed by atoms with van der Waals surface area (Å²) in [6.45, 7) is 3.75. The smallest absolute Gasteiger partial charge is 0.337 e. The quantitative estimate of drug-likeness (QED) is 0.777. The van der Waals surface area contributed by atoms with E-state index in [9.17, 15) is 4.79 Å². The molecule has 1 aromatic rings. The summed E-state index contributed by atoms with van der Waals surface area (Å²) in [5, 5.41) is 0. The minimum absolute atomic E-state index is 0.197. The molecule has 4 nitrogen and oxygen atoms in total. The van der Waals surface area contributed by atoms with Crippen LogP contribution in [0.2, 0.25) is 0 Å². The van der Waals surface area contributed by atoms with Gasteiger partial charge in [0.15, 0.2) is 5.79 Å². The molecule has 4 heteroatoms. The molecule has 0 amide bonds. The van der Waals surface area contributed by atoms with E-state index >= 15 is 0 Å². The summed E-state index contributed by atoms with van der Waals surface area (Å²) in [7, 11) is 1.44. The minimum Gasteiger partial charge on any atom is -0.465 e. The van der Waals surface area contributed by atoms with Gasteiger partial charge in [-0.05, 0) is 60.3 Å². The fourth-order valence-electron chi connectivity index (χ4n) is 5.30. The molecule has 130 valence electrons. The van der Waals surface area contributed by atoms with E-state index in [1.54, 1.807) is 0 Å². The van der Waals surface area contributed by atoms with Crippen molar-refractivity contribution >= 4 is 5.97 Å². The summed E-state index contributed by atoms with van der Waals surface area (Å²) in [5.41, 5.74) is 3.61. The predicted octanol–water partition coefficient (Wildman–Crippen LogP) is 3.61. The van der Waals surface area contributed by atoms with Gasteiger partial charge in [-0.3, -0.25) is 0 Å². The fourth-order valence-corrected chi connectivity index (χ4v) is 5.30. The molecule has 0 radical (unpaired) electrons. The van der Waals surface area contributed by atoms with Crippen molar-refractivity contribution in [2.24, 2.45) is 5.92 Å². The lowest BCUT2D eigenvalue weighted by Crippen LogP contribution is -2.50. The van der Waals surface area contributed by atoms with Crippen LogP contribution in [0.25, 0.3) is 0 Å². The summed E-state index contributed by atoms with van der Waals surface area (Å²) in [4.78, 5) is 11.8. The number of fused-ring (bicyclic) bond motifs is 3. The summed E-state index contributed by atoms with van der Waals surface area (Å²) in [6, 6.07) is 6.14. The Bertz CT molecular complexity index is 647. The zero-order chi connectivity index (χ0) is 16.8.